The van der Waals surface area contributed by atoms with Gasteiger partial charge in [-0.1, -0.05) is 17.7 Å². The van der Waals surface area contributed by atoms with E-state index in [1.54, 1.807) is 24.3 Å². The predicted molar refractivity (Wildman–Crippen MR) is 79.7 cm³/mol. The van der Waals surface area contributed by atoms with E-state index in [0.717, 1.165) is 0 Å². The Kier molecular flexibility index (Phi) is 6.98. The number of hydrogen-bond donors (Lipinski definition) is 1. The molecule has 0 saturated carbocycles. The molecule has 116 valence electrons. The third-order valence-electron chi connectivity index (χ3n) is 2.65. The lowest BCUT2D eigenvalue weighted by Crippen LogP contribution is -2.42. The van der Waals surface area contributed by atoms with Crippen LogP contribution in [0.1, 0.15) is 0 Å². The molecule has 21 heavy (non-hydrogen) atoms. The second kappa shape index (κ2) is 8.49. The second-order valence-corrected chi connectivity index (χ2v) is 5.19. The molecular formula is C14H19ClN2O4. The molecule has 0 aromatic heterocycles. The monoisotopic (exact) mass is 314 g/mol. The first-order chi connectivity index (χ1) is 9.88. The van der Waals surface area contributed by atoms with Gasteiger partial charge in [0.25, 0.3) is 5.91 Å². The number of ether oxygens (including phenoxy) is 1. The molecule has 6 nitrogen and oxygen atoms in total. The topological polar surface area (TPSA) is 70.1 Å². The zero-order valence-electron chi connectivity index (χ0n) is 12.1. The van der Waals surface area contributed by atoms with Crippen LogP contribution in [0.2, 0.25) is 5.02 Å². The summed E-state index contributed by atoms with van der Waals surface area (Å²) in [7, 11) is 3.71. The highest BCUT2D eigenvalue weighted by atomic mass is 35.5. The van der Waals surface area contributed by atoms with Gasteiger partial charge in [0, 0.05) is 18.1 Å². The van der Waals surface area contributed by atoms with Crippen LogP contribution < -0.4 is 4.74 Å². The van der Waals surface area contributed by atoms with Gasteiger partial charge in [-0.25, -0.2) is 0 Å². The van der Waals surface area contributed by atoms with Crippen molar-refractivity contribution in [2.45, 2.75) is 0 Å². The number of likely N-dealkylation sites (N-methyl/N-ethyl adjacent to an activating group) is 1. The van der Waals surface area contributed by atoms with Crippen LogP contribution in [0.4, 0.5) is 0 Å². The van der Waals surface area contributed by atoms with E-state index in [1.165, 1.54) is 4.90 Å². The fourth-order valence-corrected chi connectivity index (χ4v) is 1.75. The SMILES string of the molecule is CN(C)CCN(CC(=O)O)C(=O)COc1cccc(Cl)c1. The maximum absolute atomic E-state index is 12.0. The molecule has 7 heteroatoms. The number of aliphatic carboxylic acids is 1. The maximum Gasteiger partial charge on any atom is 0.323 e. The van der Waals surface area contributed by atoms with Crippen LogP contribution in [0.15, 0.2) is 24.3 Å². The van der Waals surface area contributed by atoms with Gasteiger partial charge in [-0.2, -0.15) is 0 Å². The number of rotatable bonds is 8. The van der Waals surface area contributed by atoms with E-state index >= 15 is 0 Å². The normalized spacial score (nSPS) is 10.5. The lowest BCUT2D eigenvalue weighted by atomic mass is 10.3. The number of halogens is 1. The molecule has 0 fully saturated rings. The number of carboxylic acids is 1. The molecule has 1 amide bonds. The van der Waals surface area contributed by atoms with Gasteiger partial charge >= 0.3 is 5.97 Å². The van der Waals surface area contributed by atoms with Gasteiger partial charge in [-0.15, -0.1) is 0 Å². The van der Waals surface area contributed by atoms with Gasteiger partial charge in [0.2, 0.25) is 0 Å². The first-order valence-corrected chi connectivity index (χ1v) is 6.79. The summed E-state index contributed by atoms with van der Waals surface area (Å²) >= 11 is 5.82. The van der Waals surface area contributed by atoms with Crippen molar-refractivity contribution in [3.05, 3.63) is 29.3 Å². The second-order valence-electron chi connectivity index (χ2n) is 4.76. The fraction of sp³-hybridized carbons (Fsp3) is 0.429. The van der Waals surface area contributed by atoms with Gasteiger partial charge < -0.3 is 19.6 Å². The molecule has 1 N–H and O–H groups in total. The Balaban J connectivity index is 2.56. The smallest absolute Gasteiger partial charge is 0.323 e. The highest BCUT2D eigenvalue weighted by Crippen LogP contribution is 2.17. The molecule has 0 aliphatic rings. The molecule has 0 radical (unpaired) electrons. The molecule has 0 heterocycles. The van der Waals surface area contributed by atoms with Crippen molar-refractivity contribution >= 4 is 23.5 Å². The number of nitrogens with zero attached hydrogens (tertiary/aromatic N) is 2. The van der Waals surface area contributed by atoms with Crippen LogP contribution in [0.3, 0.4) is 0 Å². The van der Waals surface area contributed by atoms with Crippen LogP contribution in [-0.4, -0.2) is 67.1 Å². The summed E-state index contributed by atoms with van der Waals surface area (Å²) in [6.45, 7) is 0.347. The van der Waals surface area contributed by atoms with Gasteiger partial charge in [0.05, 0.1) is 0 Å². The van der Waals surface area contributed by atoms with E-state index in [4.69, 9.17) is 21.4 Å². The lowest BCUT2D eigenvalue weighted by molar-refractivity contribution is -0.145. The summed E-state index contributed by atoms with van der Waals surface area (Å²) in [5.41, 5.74) is 0. The maximum atomic E-state index is 12.0. The van der Waals surface area contributed by atoms with Gasteiger partial charge in [0.15, 0.2) is 6.61 Å². The number of carbonyl (C=O) groups is 2. The summed E-state index contributed by atoms with van der Waals surface area (Å²) in [6.07, 6.45) is 0. The van der Waals surface area contributed by atoms with Crippen LogP contribution in [0, 0.1) is 0 Å². The molecule has 0 atom stereocenters. The molecule has 1 aromatic rings. The predicted octanol–water partition coefficient (Wildman–Crippen LogP) is 1.19. The number of benzene rings is 1. The summed E-state index contributed by atoms with van der Waals surface area (Å²) in [5.74, 6) is -0.956. The molecule has 0 saturated heterocycles. The Morgan fingerprint density at radius 3 is 2.57 bits per heavy atom. The van der Waals surface area contributed by atoms with Crippen molar-refractivity contribution in [3.63, 3.8) is 0 Å². The largest absolute Gasteiger partial charge is 0.484 e. The zero-order valence-corrected chi connectivity index (χ0v) is 12.8. The standard InChI is InChI=1S/C14H19ClN2O4/c1-16(2)6-7-17(9-14(19)20)13(18)10-21-12-5-3-4-11(15)8-12/h3-5,8H,6-7,9-10H2,1-2H3,(H,19,20). The molecule has 0 aliphatic heterocycles. The number of carboxylic acid groups (broad SMARTS) is 1. The third-order valence-corrected chi connectivity index (χ3v) is 2.89. The van der Waals surface area contributed by atoms with Crippen LogP contribution >= 0.6 is 11.6 Å². The first kappa shape index (κ1) is 17.3. The van der Waals surface area contributed by atoms with Crippen LogP contribution in [-0.2, 0) is 9.59 Å². The highest BCUT2D eigenvalue weighted by molar-refractivity contribution is 6.30. The number of hydrogen-bond acceptors (Lipinski definition) is 4. The molecule has 0 aliphatic carbocycles. The summed E-state index contributed by atoms with van der Waals surface area (Å²) in [5, 5.41) is 9.36. The Morgan fingerprint density at radius 2 is 2.00 bits per heavy atom. The van der Waals surface area contributed by atoms with Crippen LogP contribution in [0.5, 0.6) is 5.75 Å². The zero-order chi connectivity index (χ0) is 15.8. The molecule has 1 rings (SSSR count). The molecular weight excluding hydrogens is 296 g/mol. The van der Waals surface area contributed by atoms with E-state index in [0.29, 0.717) is 23.9 Å². The molecule has 1 aromatic carbocycles. The van der Waals surface area contributed by atoms with Gasteiger partial charge in [0.1, 0.15) is 12.3 Å². The third kappa shape index (κ3) is 6.97. The van der Waals surface area contributed by atoms with Crippen LogP contribution in [0.25, 0.3) is 0 Å². The highest BCUT2D eigenvalue weighted by Gasteiger charge is 2.17. The van der Waals surface area contributed by atoms with Crippen molar-refractivity contribution in [2.75, 3.05) is 40.3 Å². The molecule has 0 bridgehead atoms. The average Bonchev–Trinajstić information content (AvgIpc) is 2.40. The van der Waals surface area contributed by atoms with Gasteiger partial charge in [-0.05, 0) is 32.3 Å². The Hall–Kier alpha value is -1.79. The van der Waals surface area contributed by atoms with E-state index in [-0.39, 0.29) is 19.1 Å². The molecule has 0 spiro atoms. The van der Waals surface area contributed by atoms with Crippen molar-refractivity contribution in [3.8, 4) is 5.75 Å². The Labute approximate surface area is 128 Å². The quantitative estimate of drug-likeness (QED) is 0.780. The summed E-state index contributed by atoms with van der Waals surface area (Å²) in [6, 6.07) is 6.68. The first-order valence-electron chi connectivity index (χ1n) is 6.41. The Morgan fingerprint density at radius 1 is 1.29 bits per heavy atom. The Bertz CT molecular complexity index is 494. The summed E-state index contributed by atoms with van der Waals surface area (Å²) < 4.78 is 5.34. The van der Waals surface area contributed by atoms with Crippen molar-refractivity contribution in [2.24, 2.45) is 0 Å². The van der Waals surface area contributed by atoms with Crippen molar-refractivity contribution in [1.29, 1.82) is 0 Å². The van der Waals surface area contributed by atoms with Gasteiger partial charge in [-0.3, -0.25) is 9.59 Å². The number of amides is 1. The molecule has 0 unspecified atom stereocenters. The summed E-state index contributed by atoms with van der Waals surface area (Å²) in [4.78, 5) is 26.0. The number of carbonyl (C=O) groups excluding carboxylic acids is 1. The van der Waals surface area contributed by atoms with Crippen molar-refractivity contribution in [1.82, 2.24) is 9.80 Å². The van der Waals surface area contributed by atoms with E-state index < -0.39 is 5.97 Å². The fourth-order valence-electron chi connectivity index (χ4n) is 1.57. The average molecular weight is 315 g/mol. The minimum Gasteiger partial charge on any atom is -0.484 e. The lowest BCUT2D eigenvalue weighted by Gasteiger charge is -2.22. The van der Waals surface area contributed by atoms with E-state index in [9.17, 15) is 9.59 Å². The van der Waals surface area contributed by atoms with Crippen molar-refractivity contribution < 1.29 is 19.4 Å². The minimum absolute atomic E-state index is 0.221. The van der Waals surface area contributed by atoms with E-state index in [1.807, 2.05) is 19.0 Å². The van der Waals surface area contributed by atoms with E-state index in [2.05, 4.69) is 0 Å². The minimum atomic E-state index is -1.05.